The lowest BCUT2D eigenvalue weighted by Crippen LogP contribution is -2.36. The molecule has 1 aliphatic rings. The van der Waals surface area contributed by atoms with Gasteiger partial charge in [0.1, 0.15) is 0 Å². The first-order valence-electron chi connectivity index (χ1n) is 6.29. The molecule has 1 aliphatic carbocycles. The molecule has 0 aliphatic heterocycles. The Hall–Kier alpha value is -0.980. The predicted molar refractivity (Wildman–Crippen MR) is 76.0 cm³/mol. The fraction of sp³-hybridized carbons (Fsp3) is 0.538. The Bertz CT molecular complexity index is 461. The Balaban J connectivity index is 1.82. The maximum Gasteiger partial charge on any atom is 0.270 e. The van der Waals surface area contributed by atoms with Crippen molar-refractivity contribution in [2.75, 3.05) is 13.6 Å². The van der Waals surface area contributed by atoms with Crippen molar-refractivity contribution in [3.63, 3.8) is 0 Å². The number of ether oxygens (including phenoxy) is 1. The molecule has 0 heterocycles. The van der Waals surface area contributed by atoms with Crippen LogP contribution in [0.1, 0.15) is 18.4 Å². The molecule has 0 aromatic heterocycles. The lowest BCUT2D eigenvalue weighted by molar-refractivity contribution is -0.384. The van der Waals surface area contributed by atoms with Crippen molar-refractivity contribution in [3.05, 3.63) is 38.3 Å². The Morgan fingerprint density at radius 1 is 1.53 bits per heavy atom. The molecule has 0 bridgehead atoms. The van der Waals surface area contributed by atoms with Crippen LogP contribution >= 0.6 is 15.9 Å². The Kier molecular flexibility index (Phi) is 4.90. The average Bonchev–Trinajstić information content (AvgIpc) is 2.33. The number of rotatable bonds is 6. The van der Waals surface area contributed by atoms with Gasteiger partial charge in [0, 0.05) is 16.6 Å². The monoisotopic (exact) mass is 328 g/mol. The average molecular weight is 329 g/mol. The normalized spacial score (nSPS) is 22.0. The molecule has 1 N–H and O–H groups in total. The molecule has 0 radical (unpaired) electrons. The summed E-state index contributed by atoms with van der Waals surface area (Å²) in [6.45, 7) is 1.54. The molecular formula is C13H17BrN2O3. The molecule has 0 atom stereocenters. The van der Waals surface area contributed by atoms with Crippen molar-refractivity contribution in [2.45, 2.75) is 25.6 Å². The minimum Gasteiger partial charge on any atom is -0.373 e. The van der Waals surface area contributed by atoms with Gasteiger partial charge in [-0.1, -0.05) is 15.9 Å². The molecule has 0 unspecified atom stereocenters. The van der Waals surface area contributed by atoms with E-state index in [9.17, 15) is 10.1 Å². The van der Waals surface area contributed by atoms with E-state index in [0.29, 0.717) is 12.7 Å². The highest BCUT2D eigenvalue weighted by atomic mass is 79.9. The minimum atomic E-state index is -0.399. The van der Waals surface area contributed by atoms with E-state index in [1.807, 2.05) is 7.05 Å². The molecule has 0 amide bonds. The van der Waals surface area contributed by atoms with Crippen LogP contribution in [-0.4, -0.2) is 24.6 Å². The van der Waals surface area contributed by atoms with E-state index in [2.05, 4.69) is 21.2 Å². The second kappa shape index (κ2) is 6.45. The third-order valence-electron chi connectivity index (χ3n) is 3.41. The summed E-state index contributed by atoms with van der Waals surface area (Å²) in [6.07, 6.45) is 2.50. The largest absolute Gasteiger partial charge is 0.373 e. The van der Waals surface area contributed by atoms with Gasteiger partial charge in [-0.3, -0.25) is 10.1 Å². The molecule has 104 valence electrons. The van der Waals surface area contributed by atoms with Gasteiger partial charge < -0.3 is 10.1 Å². The standard InChI is InChI=1S/C13H17BrN2O3/c1-15-7-9-4-12(5-9)19-8-10-2-3-11(16(17)18)6-13(10)14/h2-3,6,9,12,15H,4-5,7-8H2,1H3. The van der Waals surface area contributed by atoms with Crippen LogP contribution in [0.25, 0.3) is 0 Å². The topological polar surface area (TPSA) is 64.4 Å². The molecule has 1 saturated carbocycles. The summed E-state index contributed by atoms with van der Waals surface area (Å²) < 4.78 is 6.52. The summed E-state index contributed by atoms with van der Waals surface area (Å²) in [4.78, 5) is 10.2. The van der Waals surface area contributed by atoms with Crippen LogP contribution in [-0.2, 0) is 11.3 Å². The van der Waals surface area contributed by atoms with Gasteiger partial charge in [0.2, 0.25) is 0 Å². The molecular weight excluding hydrogens is 312 g/mol. The van der Waals surface area contributed by atoms with Crippen molar-refractivity contribution in [2.24, 2.45) is 5.92 Å². The van der Waals surface area contributed by atoms with Crippen molar-refractivity contribution in [1.29, 1.82) is 0 Å². The summed E-state index contributed by atoms with van der Waals surface area (Å²) in [6, 6.07) is 4.77. The molecule has 0 spiro atoms. The van der Waals surface area contributed by atoms with Crippen LogP contribution in [0, 0.1) is 16.0 Å². The SMILES string of the molecule is CNCC1CC(OCc2ccc([N+](=O)[O-])cc2Br)C1. The number of nitrogens with zero attached hydrogens (tertiary/aromatic N) is 1. The quantitative estimate of drug-likeness (QED) is 0.644. The third kappa shape index (κ3) is 3.75. The summed E-state index contributed by atoms with van der Waals surface area (Å²) in [5.74, 6) is 0.718. The van der Waals surface area contributed by atoms with Gasteiger partial charge in [-0.2, -0.15) is 0 Å². The fourth-order valence-corrected chi connectivity index (χ4v) is 2.72. The van der Waals surface area contributed by atoms with Crippen LogP contribution < -0.4 is 5.32 Å². The summed E-state index contributed by atoms with van der Waals surface area (Å²) >= 11 is 3.35. The Morgan fingerprint density at radius 2 is 2.26 bits per heavy atom. The first kappa shape index (κ1) is 14.4. The number of benzene rings is 1. The number of nitrogens with one attached hydrogen (secondary N) is 1. The van der Waals surface area contributed by atoms with Gasteiger partial charge in [0.05, 0.1) is 17.6 Å². The summed E-state index contributed by atoms with van der Waals surface area (Å²) in [5, 5.41) is 13.8. The van der Waals surface area contributed by atoms with Gasteiger partial charge >= 0.3 is 0 Å². The smallest absolute Gasteiger partial charge is 0.270 e. The number of hydrogen-bond acceptors (Lipinski definition) is 4. The molecule has 1 aromatic rings. The van der Waals surface area contributed by atoms with E-state index in [1.54, 1.807) is 6.07 Å². The van der Waals surface area contributed by atoms with Gasteiger partial charge in [0.25, 0.3) is 5.69 Å². The molecule has 1 aromatic carbocycles. The number of nitro benzene ring substituents is 1. The van der Waals surface area contributed by atoms with Crippen LogP contribution in [0.3, 0.4) is 0 Å². The van der Waals surface area contributed by atoms with Crippen molar-refractivity contribution in [3.8, 4) is 0 Å². The van der Waals surface area contributed by atoms with E-state index in [0.717, 1.165) is 35.3 Å². The first-order chi connectivity index (χ1) is 9.10. The van der Waals surface area contributed by atoms with Gasteiger partial charge in [-0.15, -0.1) is 0 Å². The third-order valence-corrected chi connectivity index (χ3v) is 4.15. The second-order valence-electron chi connectivity index (χ2n) is 4.86. The van der Waals surface area contributed by atoms with Gasteiger partial charge in [-0.25, -0.2) is 0 Å². The van der Waals surface area contributed by atoms with Gasteiger partial charge in [0.15, 0.2) is 0 Å². The minimum absolute atomic E-state index is 0.0911. The van der Waals surface area contributed by atoms with Crippen LogP contribution in [0.4, 0.5) is 5.69 Å². The number of non-ortho nitro benzene ring substituents is 1. The second-order valence-corrected chi connectivity index (χ2v) is 5.72. The van der Waals surface area contributed by atoms with Crippen molar-refractivity contribution < 1.29 is 9.66 Å². The molecule has 2 rings (SSSR count). The molecule has 1 fully saturated rings. The zero-order chi connectivity index (χ0) is 13.8. The van der Waals surface area contributed by atoms with E-state index >= 15 is 0 Å². The van der Waals surface area contributed by atoms with E-state index in [1.165, 1.54) is 12.1 Å². The van der Waals surface area contributed by atoms with Crippen LogP contribution in [0.15, 0.2) is 22.7 Å². The lowest BCUT2D eigenvalue weighted by Gasteiger charge is -2.35. The molecule has 19 heavy (non-hydrogen) atoms. The molecule has 5 nitrogen and oxygen atoms in total. The number of halogens is 1. The fourth-order valence-electron chi connectivity index (χ4n) is 2.24. The predicted octanol–water partition coefficient (Wildman–Crippen LogP) is 2.87. The van der Waals surface area contributed by atoms with Crippen molar-refractivity contribution >= 4 is 21.6 Å². The lowest BCUT2D eigenvalue weighted by atomic mass is 9.82. The summed E-state index contributed by atoms with van der Waals surface area (Å²) in [5.41, 5.74) is 1.04. The summed E-state index contributed by atoms with van der Waals surface area (Å²) in [7, 11) is 1.96. The Morgan fingerprint density at radius 3 is 2.84 bits per heavy atom. The van der Waals surface area contributed by atoms with Crippen molar-refractivity contribution in [1.82, 2.24) is 5.32 Å². The zero-order valence-electron chi connectivity index (χ0n) is 10.8. The highest BCUT2D eigenvalue weighted by molar-refractivity contribution is 9.10. The molecule has 0 saturated heterocycles. The van der Waals surface area contributed by atoms with Gasteiger partial charge in [-0.05, 0) is 44.0 Å². The van der Waals surface area contributed by atoms with Crippen LogP contribution in [0.2, 0.25) is 0 Å². The van der Waals surface area contributed by atoms with E-state index in [-0.39, 0.29) is 5.69 Å². The van der Waals surface area contributed by atoms with E-state index in [4.69, 9.17) is 4.74 Å². The number of hydrogen-bond donors (Lipinski definition) is 1. The highest BCUT2D eigenvalue weighted by Crippen LogP contribution is 2.31. The molecule has 6 heteroatoms. The zero-order valence-corrected chi connectivity index (χ0v) is 12.4. The maximum absolute atomic E-state index is 10.6. The van der Waals surface area contributed by atoms with E-state index < -0.39 is 4.92 Å². The number of nitro groups is 1. The Labute approximate surface area is 120 Å². The highest BCUT2D eigenvalue weighted by Gasteiger charge is 2.29. The maximum atomic E-state index is 10.6. The van der Waals surface area contributed by atoms with Crippen LogP contribution in [0.5, 0.6) is 0 Å². The first-order valence-corrected chi connectivity index (χ1v) is 7.08.